The molecule has 4 rings (SSSR count). The lowest BCUT2D eigenvalue weighted by Gasteiger charge is -2.22. The molecule has 0 fully saturated rings. The van der Waals surface area contributed by atoms with E-state index in [2.05, 4.69) is 27.7 Å². The average molecular weight is 628 g/mol. The second-order valence-electron chi connectivity index (χ2n) is 11.8. The van der Waals surface area contributed by atoms with Gasteiger partial charge in [0, 0.05) is 5.56 Å². The fourth-order valence-electron chi connectivity index (χ4n) is 5.37. The molecule has 0 saturated heterocycles. The first-order chi connectivity index (χ1) is 22.4. The van der Waals surface area contributed by atoms with Crippen molar-refractivity contribution in [2.45, 2.75) is 79.1 Å². The normalized spacial score (nSPS) is 12.5. The van der Waals surface area contributed by atoms with Gasteiger partial charge in [0.15, 0.2) is 29.0 Å². The summed E-state index contributed by atoms with van der Waals surface area (Å²) in [6.45, 7) is 9.77. The third-order valence-electron chi connectivity index (χ3n) is 8.48. The Morgan fingerprint density at radius 1 is 0.652 bits per heavy atom. The molecule has 0 aliphatic heterocycles. The monoisotopic (exact) mass is 627 g/mol. The zero-order valence-corrected chi connectivity index (χ0v) is 28.0. The molecule has 0 amide bonds. The minimum Gasteiger partial charge on any atom is -0.507 e. The highest BCUT2D eigenvalue weighted by Gasteiger charge is 2.25. The summed E-state index contributed by atoms with van der Waals surface area (Å²) in [6, 6.07) is 17.7. The third-order valence-corrected chi connectivity index (χ3v) is 8.48. The molecule has 3 aromatic carbocycles. The quantitative estimate of drug-likeness (QED) is 0.112. The van der Waals surface area contributed by atoms with Gasteiger partial charge in [0.05, 0.1) is 25.9 Å². The van der Waals surface area contributed by atoms with Crippen LogP contribution in [0.5, 0.6) is 28.7 Å². The first kappa shape index (κ1) is 34.5. The molecule has 8 heteroatoms. The van der Waals surface area contributed by atoms with Gasteiger partial charge in [0.2, 0.25) is 0 Å². The van der Waals surface area contributed by atoms with Crippen molar-refractivity contribution in [1.29, 1.82) is 0 Å². The van der Waals surface area contributed by atoms with Crippen molar-refractivity contribution in [1.82, 2.24) is 15.0 Å². The summed E-state index contributed by atoms with van der Waals surface area (Å²) in [4.78, 5) is 14.4. The summed E-state index contributed by atoms with van der Waals surface area (Å²) in [5, 5.41) is 22.2. The van der Waals surface area contributed by atoms with Gasteiger partial charge in [-0.2, -0.15) is 0 Å². The maximum atomic E-state index is 11.4. The molecule has 46 heavy (non-hydrogen) atoms. The molecule has 1 aromatic heterocycles. The Morgan fingerprint density at radius 3 is 1.87 bits per heavy atom. The van der Waals surface area contributed by atoms with E-state index >= 15 is 0 Å². The zero-order chi connectivity index (χ0) is 32.9. The molecule has 0 saturated carbocycles. The average Bonchev–Trinajstić information content (AvgIpc) is 3.09. The van der Waals surface area contributed by atoms with E-state index < -0.39 is 0 Å². The van der Waals surface area contributed by atoms with E-state index in [-0.39, 0.29) is 23.1 Å². The molecule has 0 bridgehead atoms. The number of ether oxygens (including phenoxy) is 3. The predicted molar refractivity (Wildman–Crippen MR) is 184 cm³/mol. The Labute approximate surface area is 273 Å². The standard InChI is InChI=1S/C38H49N3O5/c1-6-10-14-26(8-3)24-45-33-23-22-32(43)34(35(33)46-25-27(9-4)15-11-7-2)38-40-36(28-18-20-29(44-5)21-19-28)39-37(41-38)30-16-12-13-17-31(30)42/h12-13,16-23,26-27,42-43H,6-11,14-15,24-25H2,1-5H3. The fraction of sp³-hybridized carbons (Fsp3) is 0.447. The zero-order valence-electron chi connectivity index (χ0n) is 28.0. The van der Waals surface area contributed by atoms with Crippen molar-refractivity contribution in [3.63, 3.8) is 0 Å². The van der Waals surface area contributed by atoms with Crippen LogP contribution in [0.25, 0.3) is 34.2 Å². The molecule has 0 aliphatic rings. The SMILES string of the molecule is CCCCC(CC)COc1ccc(O)c(-c2nc(-c3ccc(OC)cc3)nc(-c3ccccc3O)n2)c1OCC(CC)CCCC. The highest BCUT2D eigenvalue weighted by Crippen LogP contribution is 2.44. The maximum absolute atomic E-state index is 11.4. The molecular formula is C38H49N3O5. The number of phenolic OH excluding ortho intramolecular Hbond substituents is 2. The number of nitrogens with zero attached hydrogens (tertiary/aromatic N) is 3. The number of rotatable bonds is 18. The van der Waals surface area contributed by atoms with Crippen molar-refractivity contribution in [2.75, 3.05) is 20.3 Å². The lowest BCUT2D eigenvalue weighted by molar-refractivity contribution is 0.199. The molecule has 2 atom stereocenters. The van der Waals surface area contributed by atoms with E-state index in [1.54, 1.807) is 37.4 Å². The summed E-state index contributed by atoms with van der Waals surface area (Å²) >= 11 is 0. The van der Waals surface area contributed by atoms with E-state index in [0.29, 0.717) is 59.2 Å². The van der Waals surface area contributed by atoms with Gasteiger partial charge in [0.25, 0.3) is 0 Å². The Bertz CT molecular complexity index is 1530. The molecule has 246 valence electrons. The smallest absolute Gasteiger partial charge is 0.175 e. The van der Waals surface area contributed by atoms with Crippen LogP contribution in [-0.4, -0.2) is 45.5 Å². The largest absolute Gasteiger partial charge is 0.507 e. The van der Waals surface area contributed by atoms with Crippen molar-refractivity contribution in [3.05, 3.63) is 60.7 Å². The Balaban J connectivity index is 1.87. The van der Waals surface area contributed by atoms with Crippen LogP contribution in [0.2, 0.25) is 0 Å². The van der Waals surface area contributed by atoms with Gasteiger partial charge in [-0.3, -0.25) is 0 Å². The van der Waals surface area contributed by atoms with Crippen LogP contribution in [0, 0.1) is 11.8 Å². The van der Waals surface area contributed by atoms with Gasteiger partial charge in [-0.15, -0.1) is 0 Å². The summed E-state index contributed by atoms with van der Waals surface area (Å²) in [5.41, 5.74) is 1.50. The number of para-hydroxylation sites is 1. The van der Waals surface area contributed by atoms with Crippen molar-refractivity contribution in [3.8, 4) is 62.9 Å². The minimum absolute atomic E-state index is 0.0305. The molecule has 1 heterocycles. The number of aromatic hydroxyl groups is 2. The molecule has 0 radical (unpaired) electrons. The molecular weight excluding hydrogens is 578 g/mol. The van der Waals surface area contributed by atoms with E-state index in [4.69, 9.17) is 29.2 Å². The number of phenols is 2. The van der Waals surface area contributed by atoms with E-state index in [0.717, 1.165) is 56.9 Å². The van der Waals surface area contributed by atoms with Gasteiger partial charge >= 0.3 is 0 Å². The third kappa shape index (κ3) is 8.89. The van der Waals surface area contributed by atoms with Crippen molar-refractivity contribution < 1.29 is 24.4 Å². The number of unbranched alkanes of at least 4 members (excludes halogenated alkanes) is 2. The molecule has 0 spiro atoms. The fourth-order valence-corrected chi connectivity index (χ4v) is 5.37. The number of benzene rings is 3. The van der Waals surface area contributed by atoms with E-state index in [1.165, 1.54) is 0 Å². The summed E-state index contributed by atoms with van der Waals surface area (Å²) in [6.07, 6.45) is 8.66. The maximum Gasteiger partial charge on any atom is 0.175 e. The van der Waals surface area contributed by atoms with Crippen LogP contribution in [0.3, 0.4) is 0 Å². The molecule has 2 unspecified atom stereocenters. The van der Waals surface area contributed by atoms with Gasteiger partial charge in [-0.25, -0.2) is 15.0 Å². The predicted octanol–water partition coefficient (Wildman–Crippen LogP) is 9.48. The summed E-state index contributed by atoms with van der Waals surface area (Å²) in [7, 11) is 1.61. The highest BCUT2D eigenvalue weighted by atomic mass is 16.5. The first-order valence-electron chi connectivity index (χ1n) is 16.7. The van der Waals surface area contributed by atoms with Crippen LogP contribution < -0.4 is 14.2 Å². The lowest BCUT2D eigenvalue weighted by Crippen LogP contribution is -2.15. The van der Waals surface area contributed by atoms with Gasteiger partial charge in [-0.1, -0.05) is 78.4 Å². The Morgan fingerprint density at radius 2 is 1.26 bits per heavy atom. The number of hydrogen-bond donors (Lipinski definition) is 2. The van der Waals surface area contributed by atoms with Crippen LogP contribution in [0.4, 0.5) is 0 Å². The van der Waals surface area contributed by atoms with Gasteiger partial charge in [-0.05, 0) is 73.2 Å². The molecule has 0 aliphatic carbocycles. The molecule has 4 aromatic rings. The second kappa shape index (κ2) is 17.4. The van der Waals surface area contributed by atoms with Gasteiger partial charge < -0.3 is 24.4 Å². The van der Waals surface area contributed by atoms with Crippen molar-refractivity contribution >= 4 is 0 Å². The topological polar surface area (TPSA) is 107 Å². The Kier molecular flexibility index (Phi) is 13.1. The van der Waals surface area contributed by atoms with Gasteiger partial charge in [0.1, 0.15) is 22.8 Å². The number of methoxy groups -OCH3 is 1. The molecule has 8 nitrogen and oxygen atoms in total. The van der Waals surface area contributed by atoms with E-state index in [9.17, 15) is 10.2 Å². The highest BCUT2D eigenvalue weighted by molar-refractivity contribution is 5.78. The van der Waals surface area contributed by atoms with Crippen LogP contribution in [0.1, 0.15) is 79.1 Å². The summed E-state index contributed by atoms with van der Waals surface area (Å²) < 4.78 is 18.4. The van der Waals surface area contributed by atoms with Crippen LogP contribution in [0.15, 0.2) is 60.7 Å². The second-order valence-corrected chi connectivity index (χ2v) is 11.8. The summed E-state index contributed by atoms with van der Waals surface area (Å²) in [5.74, 6) is 3.29. The molecule has 2 N–H and O–H groups in total. The van der Waals surface area contributed by atoms with Crippen molar-refractivity contribution in [2.24, 2.45) is 11.8 Å². The number of hydrogen-bond acceptors (Lipinski definition) is 8. The first-order valence-corrected chi connectivity index (χ1v) is 16.7. The van der Waals surface area contributed by atoms with Crippen LogP contribution in [-0.2, 0) is 0 Å². The van der Waals surface area contributed by atoms with Crippen LogP contribution >= 0.6 is 0 Å². The lowest BCUT2D eigenvalue weighted by atomic mass is 10.0. The van der Waals surface area contributed by atoms with E-state index in [1.807, 2.05) is 30.3 Å². The number of aromatic nitrogens is 3. The minimum atomic E-state index is -0.0305. The Hall–Kier alpha value is -4.33.